The highest BCUT2D eigenvalue weighted by molar-refractivity contribution is 5.98. The average molecular weight is 383 g/mol. The number of carboxylic acid groups (broad SMARTS) is 1. The molecule has 28 heavy (non-hydrogen) atoms. The lowest BCUT2D eigenvalue weighted by Gasteiger charge is -2.22. The third kappa shape index (κ3) is 6.50. The first-order chi connectivity index (χ1) is 13.4. The fraction of sp³-hybridized carbons (Fsp3) is 0.333. The van der Waals surface area contributed by atoms with Crippen molar-refractivity contribution >= 4 is 17.8 Å². The van der Waals surface area contributed by atoms with Crippen LogP contribution in [0.5, 0.6) is 0 Å². The van der Waals surface area contributed by atoms with Crippen LogP contribution in [0.1, 0.15) is 36.2 Å². The smallest absolute Gasteiger partial charge is 0.326 e. The van der Waals surface area contributed by atoms with Gasteiger partial charge in [-0.3, -0.25) is 14.6 Å². The maximum absolute atomic E-state index is 12.8. The Hall–Kier alpha value is -3.22. The van der Waals surface area contributed by atoms with E-state index in [2.05, 4.69) is 15.6 Å². The summed E-state index contributed by atoms with van der Waals surface area (Å²) < 4.78 is 0. The maximum atomic E-state index is 12.8. The molecule has 0 bridgehead atoms. The first-order valence-corrected chi connectivity index (χ1v) is 9.14. The summed E-state index contributed by atoms with van der Waals surface area (Å²) in [7, 11) is 0. The second kappa shape index (κ2) is 10.2. The predicted octanol–water partition coefficient (Wildman–Crippen LogP) is 2.04. The minimum absolute atomic E-state index is 0.0963. The molecule has 148 valence electrons. The van der Waals surface area contributed by atoms with Crippen LogP contribution in [0, 0.1) is 5.92 Å². The van der Waals surface area contributed by atoms with Crippen molar-refractivity contribution in [2.24, 2.45) is 5.92 Å². The van der Waals surface area contributed by atoms with E-state index in [0.29, 0.717) is 12.0 Å². The van der Waals surface area contributed by atoms with Crippen molar-refractivity contribution in [1.29, 1.82) is 0 Å². The van der Waals surface area contributed by atoms with Gasteiger partial charge in [-0.05, 0) is 30.0 Å². The molecule has 0 aliphatic rings. The lowest BCUT2D eigenvalue weighted by atomic mass is 10.0. The first kappa shape index (κ1) is 21.1. The zero-order valence-corrected chi connectivity index (χ0v) is 16.0. The van der Waals surface area contributed by atoms with Crippen molar-refractivity contribution in [1.82, 2.24) is 15.6 Å². The van der Waals surface area contributed by atoms with Crippen LogP contribution in [0.15, 0.2) is 54.9 Å². The van der Waals surface area contributed by atoms with Crippen molar-refractivity contribution in [2.45, 2.75) is 38.8 Å². The van der Waals surface area contributed by atoms with Gasteiger partial charge in [0.05, 0.1) is 5.56 Å². The van der Waals surface area contributed by atoms with Crippen molar-refractivity contribution in [3.8, 4) is 0 Å². The summed E-state index contributed by atoms with van der Waals surface area (Å²) >= 11 is 0. The topological polar surface area (TPSA) is 108 Å². The van der Waals surface area contributed by atoms with Gasteiger partial charge >= 0.3 is 5.97 Å². The first-order valence-electron chi connectivity index (χ1n) is 9.14. The van der Waals surface area contributed by atoms with E-state index in [0.717, 1.165) is 5.56 Å². The van der Waals surface area contributed by atoms with Crippen molar-refractivity contribution in [2.75, 3.05) is 0 Å². The number of rotatable bonds is 9. The van der Waals surface area contributed by atoms with Crippen molar-refractivity contribution in [3.63, 3.8) is 0 Å². The van der Waals surface area contributed by atoms with E-state index in [1.165, 1.54) is 6.20 Å². The molecule has 7 heteroatoms. The minimum atomic E-state index is -1.10. The molecule has 2 atom stereocenters. The number of hydrogen-bond donors (Lipinski definition) is 3. The highest BCUT2D eigenvalue weighted by atomic mass is 16.4. The van der Waals surface area contributed by atoms with Crippen LogP contribution >= 0.6 is 0 Å². The SMILES string of the molecule is CC(C)C[C@@H](NC(=O)C(Cc1ccccc1)NC(=O)c1cccnc1)C(=O)O. The maximum Gasteiger partial charge on any atom is 0.326 e. The number of benzene rings is 1. The monoisotopic (exact) mass is 383 g/mol. The summed E-state index contributed by atoms with van der Waals surface area (Å²) in [5.74, 6) is -1.98. The Kier molecular flexibility index (Phi) is 7.68. The number of carbonyl (C=O) groups excluding carboxylic acids is 2. The number of aromatic nitrogens is 1. The molecule has 2 amide bonds. The summed E-state index contributed by atoms with van der Waals surface area (Å²) in [5, 5.41) is 14.6. The van der Waals surface area contributed by atoms with Crippen LogP contribution < -0.4 is 10.6 Å². The van der Waals surface area contributed by atoms with Gasteiger partial charge in [0, 0.05) is 18.8 Å². The van der Waals surface area contributed by atoms with E-state index >= 15 is 0 Å². The van der Waals surface area contributed by atoms with E-state index in [9.17, 15) is 19.5 Å². The molecule has 0 fully saturated rings. The van der Waals surface area contributed by atoms with Gasteiger partial charge in [0.1, 0.15) is 12.1 Å². The Labute approximate surface area is 164 Å². The second-order valence-corrected chi connectivity index (χ2v) is 6.99. The predicted molar refractivity (Wildman–Crippen MR) is 105 cm³/mol. The standard InChI is InChI=1S/C21H25N3O4/c1-14(2)11-18(21(27)28)24-20(26)17(12-15-7-4-3-5-8-15)23-19(25)16-9-6-10-22-13-16/h3-10,13-14,17-18H,11-12H2,1-2H3,(H,23,25)(H,24,26)(H,27,28)/t17?,18-/m1/s1. The number of carbonyl (C=O) groups is 3. The Balaban J connectivity index is 2.17. The number of nitrogens with zero attached hydrogens (tertiary/aromatic N) is 1. The lowest BCUT2D eigenvalue weighted by Crippen LogP contribution is -2.52. The van der Waals surface area contributed by atoms with E-state index in [1.54, 1.807) is 18.3 Å². The van der Waals surface area contributed by atoms with Crippen LogP contribution in [-0.4, -0.2) is 40.0 Å². The summed E-state index contributed by atoms with van der Waals surface area (Å²) in [4.78, 5) is 40.7. The van der Waals surface area contributed by atoms with Gasteiger partial charge in [-0.1, -0.05) is 44.2 Å². The molecule has 1 heterocycles. The molecular weight excluding hydrogens is 358 g/mol. The number of pyridine rings is 1. The van der Waals surface area contributed by atoms with Gasteiger partial charge in [-0.25, -0.2) is 4.79 Å². The highest BCUT2D eigenvalue weighted by Crippen LogP contribution is 2.08. The quantitative estimate of drug-likeness (QED) is 0.614. The van der Waals surface area contributed by atoms with Gasteiger partial charge in [0.2, 0.25) is 5.91 Å². The van der Waals surface area contributed by atoms with Gasteiger partial charge in [-0.2, -0.15) is 0 Å². The van der Waals surface area contributed by atoms with Gasteiger partial charge in [0.15, 0.2) is 0 Å². The molecule has 1 unspecified atom stereocenters. The molecule has 0 spiro atoms. The van der Waals surface area contributed by atoms with E-state index < -0.39 is 29.9 Å². The summed E-state index contributed by atoms with van der Waals surface area (Å²) in [6.07, 6.45) is 3.50. The lowest BCUT2D eigenvalue weighted by molar-refractivity contribution is -0.142. The van der Waals surface area contributed by atoms with Gasteiger partial charge in [-0.15, -0.1) is 0 Å². The Bertz CT molecular complexity index is 794. The van der Waals surface area contributed by atoms with Crippen LogP contribution in [0.4, 0.5) is 0 Å². The van der Waals surface area contributed by atoms with E-state index in [4.69, 9.17) is 0 Å². The normalized spacial score (nSPS) is 12.8. The van der Waals surface area contributed by atoms with Crippen LogP contribution in [0.2, 0.25) is 0 Å². The fourth-order valence-electron chi connectivity index (χ4n) is 2.76. The van der Waals surface area contributed by atoms with Gasteiger partial charge in [0.25, 0.3) is 5.91 Å². The number of hydrogen-bond acceptors (Lipinski definition) is 4. The molecule has 0 aliphatic carbocycles. The number of amides is 2. The van der Waals surface area contributed by atoms with Gasteiger partial charge < -0.3 is 15.7 Å². The van der Waals surface area contributed by atoms with Crippen molar-refractivity contribution < 1.29 is 19.5 Å². The third-order valence-corrected chi connectivity index (χ3v) is 4.15. The molecule has 2 aromatic rings. The molecule has 0 aliphatic heterocycles. The summed E-state index contributed by atoms with van der Waals surface area (Å²) in [6, 6.07) is 10.5. The number of aliphatic carboxylic acids is 1. The molecule has 0 saturated heterocycles. The number of nitrogens with one attached hydrogen (secondary N) is 2. The fourth-order valence-corrected chi connectivity index (χ4v) is 2.76. The zero-order valence-electron chi connectivity index (χ0n) is 16.0. The van der Waals surface area contributed by atoms with Crippen LogP contribution in [0.3, 0.4) is 0 Å². The Morgan fingerprint density at radius 1 is 1.00 bits per heavy atom. The summed E-state index contributed by atoms with van der Waals surface area (Å²) in [5.41, 5.74) is 1.18. The third-order valence-electron chi connectivity index (χ3n) is 4.15. The van der Waals surface area contributed by atoms with Crippen LogP contribution in [-0.2, 0) is 16.0 Å². The molecule has 0 saturated carbocycles. The van der Waals surface area contributed by atoms with Crippen molar-refractivity contribution in [3.05, 3.63) is 66.0 Å². The molecule has 2 rings (SSSR count). The molecule has 3 N–H and O–H groups in total. The number of carboxylic acids is 1. The summed E-state index contributed by atoms with van der Waals surface area (Å²) in [6.45, 7) is 3.77. The largest absolute Gasteiger partial charge is 0.480 e. The molecular formula is C21H25N3O4. The average Bonchev–Trinajstić information content (AvgIpc) is 2.68. The van der Waals surface area contributed by atoms with E-state index in [1.807, 2.05) is 44.2 Å². The highest BCUT2D eigenvalue weighted by Gasteiger charge is 2.27. The molecule has 1 aromatic heterocycles. The minimum Gasteiger partial charge on any atom is -0.480 e. The Morgan fingerprint density at radius 3 is 2.29 bits per heavy atom. The molecule has 1 aromatic carbocycles. The van der Waals surface area contributed by atoms with Crippen LogP contribution in [0.25, 0.3) is 0 Å². The second-order valence-electron chi connectivity index (χ2n) is 6.99. The zero-order chi connectivity index (χ0) is 20.5. The molecule has 7 nitrogen and oxygen atoms in total. The van der Waals surface area contributed by atoms with E-state index in [-0.39, 0.29) is 12.3 Å². The molecule has 0 radical (unpaired) electrons. The Morgan fingerprint density at radius 2 is 1.71 bits per heavy atom.